The molecule has 0 spiro atoms. The minimum Gasteiger partial charge on any atom is -0.497 e. The van der Waals surface area contributed by atoms with Crippen LogP contribution in [0.15, 0.2) is 71.6 Å². The van der Waals surface area contributed by atoms with Gasteiger partial charge in [-0.05, 0) is 30.7 Å². The third kappa shape index (κ3) is 4.66. The zero-order valence-corrected chi connectivity index (χ0v) is 16.6. The highest BCUT2D eigenvalue weighted by Gasteiger charge is 2.27. The van der Waals surface area contributed by atoms with E-state index in [4.69, 9.17) is 20.6 Å². The number of nitrogens with one attached hydrogen (secondary N) is 2. The Bertz CT molecular complexity index is 962. The van der Waals surface area contributed by atoms with Gasteiger partial charge in [-0.3, -0.25) is 4.79 Å². The van der Waals surface area contributed by atoms with E-state index in [0.717, 1.165) is 29.4 Å². The number of hydrogen-bond donors (Lipinski definition) is 3. The van der Waals surface area contributed by atoms with Gasteiger partial charge in [0.25, 0.3) is 0 Å². The lowest BCUT2D eigenvalue weighted by molar-refractivity contribution is -0.115. The number of ketones is 1. The van der Waals surface area contributed by atoms with Gasteiger partial charge in [-0.1, -0.05) is 35.9 Å². The number of methoxy groups -OCH3 is 1. The summed E-state index contributed by atoms with van der Waals surface area (Å²) in [4.78, 5) is 13.5. The number of benzene rings is 2. The normalized spacial score (nSPS) is 14.9. The molecule has 1 aliphatic heterocycles. The first-order chi connectivity index (χ1) is 14.0. The summed E-state index contributed by atoms with van der Waals surface area (Å²) in [6.07, 6.45) is 3.57. The SMILES string of the molecule is COc1cccc(NC(C(=O)C(C=N)=C(N)C2=CCCO2)c2ccc(C)cc2)c1. The lowest BCUT2D eigenvalue weighted by atomic mass is 9.95. The quantitative estimate of drug-likeness (QED) is 0.468. The molecule has 0 bridgehead atoms. The summed E-state index contributed by atoms with van der Waals surface area (Å²) in [6.45, 7) is 2.51. The van der Waals surface area contributed by atoms with E-state index in [9.17, 15) is 4.79 Å². The summed E-state index contributed by atoms with van der Waals surface area (Å²) in [6, 6.07) is 14.3. The van der Waals surface area contributed by atoms with E-state index in [1.807, 2.05) is 61.5 Å². The molecule has 6 heteroatoms. The monoisotopic (exact) mass is 391 g/mol. The number of aryl methyl sites for hydroxylation is 1. The van der Waals surface area contributed by atoms with Crippen molar-refractivity contribution in [1.29, 1.82) is 5.41 Å². The Morgan fingerprint density at radius 2 is 2.03 bits per heavy atom. The standard InChI is InChI=1S/C23H25N3O3/c1-15-8-10-16(11-9-15)22(26-17-5-3-6-18(13-17)28-2)23(27)19(14-24)21(25)20-7-4-12-29-20/h3,5-11,13-14,22,24,26H,4,12,25H2,1-2H3. The number of anilines is 1. The van der Waals surface area contributed by atoms with Gasteiger partial charge in [-0.25, -0.2) is 0 Å². The smallest absolute Gasteiger partial charge is 0.193 e. The highest BCUT2D eigenvalue weighted by atomic mass is 16.5. The number of hydrogen-bond acceptors (Lipinski definition) is 6. The van der Waals surface area contributed by atoms with Crippen LogP contribution < -0.4 is 15.8 Å². The molecule has 0 radical (unpaired) electrons. The predicted molar refractivity (Wildman–Crippen MR) is 114 cm³/mol. The Kier molecular flexibility index (Phi) is 6.34. The van der Waals surface area contributed by atoms with Crippen LogP contribution in [0.3, 0.4) is 0 Å². The van der Waals surface area contributed by atoms with Crippen molar-refractivity contribution in [2.24, 2.45) is 5.73 Å². The molecule has 0 aromatic heterocycles. The molecule has 29 heavy (non-hydrogen) atoms. The van der Waals surface area contributed by atoms with Crippen molar-refractivity contribution in [1.82, 2.24) is 0 Å². The first-order valence-corrected chi connectivity index (χ1v) is 9.38. The molecular formula is C23H25N3O3. The third-order valence-corrected chi connectivity index (χ3v) is 4.72. The summed E-state index contributed by atoms with van der Waals surface area (Å²) >= 11 is 0. The molecule has 1 heterocycles. The Morgan fingerprint density at radius 3 is 2.66 bits per heavy atom. The fourth-order valence-corrected chi connectivity index (χ4v) is 3.11. The minimum absolute atomic E-state index is 0.110. The number of Topliss-reactive ketones (excluding diaryl/α,β-unsaturated/α-hetero) is 1. The Hall–Kier alpha value is -3.54. The first-order valence-electron chi connectivity index (χ1n) is 9.38. The van der Waals surface area contributed by atoms with Crippen LogP contribution >= 0.6 is 0 Å². The fourth-order valence-electron chi connectivity index (χ4n) is 3.11. The maximum Gasteiger partial charge on any atom is 0.193 e. The van der Waals surface area contributed by atoms with Crippen molar-refractivity contribution in [3.05, 3.63) is 82.8 Å². The van der Waals surface area contributed by atoms with Crippen LogP contribution in [0.2, 0.25) is 0 Å². The Morgan fingerprint density at radius 1 is 1.28 bits per heavy atom. The number of carbonyl (C=O) groups is 1. The zero-order valence-electron chi connectivity index (χ0n) is 16.6. The molecule has 0 saturated carbocycles. The van der Waals surface area contributed by atoms with Crippen molar-refractivity contribution in [3.8, 4) is 5.75 Å². The molecule has 150 valence electrons. The highest BCUT2D eigenvalue weighted by Crippen LogP contribution is 2.27. The van der Waals surface area contributed by atoms with Gasteiger partial charge < -0.3 is 25.9 Å². The zero-order chi connectivity index (χ0) is 20.8. The molecule has 0 aliphatic carbocycles. The predicted octanol–water partition coefficient (Wildman–Crippen LogP) is 3.89. The molecule has 3 rings (SSSR count). The topological polar surface area (TPSA) is 97.4 Å². The molecule has 0 saturated heterocycles. The van der Waals surface area contributed by atoms with Gasteiger partial charge in [0.2, 0.25) is 0 Å². The maximum atomic E-state index is 13.5. The maximum absolute atomic E-state index is 13.5. The molecule has 4 N–H and O–H groups in total. The Labute approximate surface area is 170 Å². The number of ether oxygens (including phenoxy) is 2. The summed E-state index contributed by atoms with van der Waals surface area (Å²) < 4.78 is 10.8. The van der Waals surface area contributed by atoms with Gasteiger partial charge >= 0.3 is 0 Å². The van der Waals surface area contributed by atoms with E-state index >= 15 is 0 Å². The summed E-state index contributed by atoms with van der Waals surface area (Å²) in [5.74, 6) is 0.832. The molecule has 0 fully saturated rings. The number of carbonyl (C=O) groups excluding carboxylic acids is 1. The van der Waals surface area contributed by atoms with Gasteiger partial charge in [0.15, 0.2) is 5.78 Å². The molecular weight excluding hydrogens is 366 g/mol. The third-order valence-electron chi connectivity index (χ3n) is 4.72. The Balaban J connectivity index is 2.01. The van der Waals surface area contributed by atoms with Gasteiger partial charge in [0, 0.05) is 24.4 Å². The van der Waals surface area contributed by atoms with Gasteiger partial charge in [0.05, 0.1) is 25.0 Å². The highest BCUT2D eigenvalue weighted by molar-refractivity contribution is 6.16. The minimum atomic E-state index is -0.722. The van der Waals surface area contributed by atoms with Crippen LogP contribution in [0.4, 0.5) is 5.69 Å². The van der Waals surface area contributed by atoms with Gasteiger partial charge in [-0.2, -0.15) is 0 Å². The molecule has 1 unspecified atom stereocenters. The number of rotatable bonds is 8. The van der Waals surface area contributed by atoms with E-state index in [-0.39, 0.29) is 17.1 Å². The van der Waals surface area contributed by atoms with E-state index in [0.29, 0.717) is 18.1 Å². The molecule has 2 aromatic carbocycles. The second-order valence-corrected chi connectivity index (χ2v) is 6.76. The van der Waals surface area contributed by atoms with Crippen molar-refractivity contribution < 1.29 is 14.3 Å². The lowest BCUT2D eigenvalue weighted by Crippen LogP contribution is -2.26. The van der Waals surface area contributed by atoms with Crippen LogP contribution in [0.25, 0.3) is 0 Å². The van der Waals surface area contributed by atoms with Crippen LogP contribution in [-0.2, 0) is 9.53 Å². The summed E-state index contributed by atoms with van der Waals surface area (Å²) in [7, 11) is 1.59. The van der Waals surface area contributed by atoms with Crippen LogP contribution in [0.1, 0.15) is 23.6 Å². The summed E-state index contributed by atoms with van der Waals surface area (Å²) in [5, 5.41) is 11.1. The van der Waals surface area contributed by atoms with Crippen LogP contribution in [-0.4, -0.2) is 25.7 Å². The first kappa shape index (κ1) is 20.2. The van der Waals surface area contributed by atoms with Crippen LogP contribution in [0.5, 0.6) is 5.75 Å². The fraction of sp³-hybridized carbons (Fsp3) is 0.217. The molecule has 6 nitrogen and oxygen atoms in total. The van der Waals surface area contributed by atoms with Crippen molar-refractivity contribution in [2.75, 3.05) is 19.0 Å². The van der Waals surface area contributed by atoms with E-state index < -0.39 is 6.04 Å². The van der Waals surface area contributed by atoms with E-state index in [1.165, 1.54) is 0 Å². The molecule has 1 atom stereocenters. The average Bonchev–Trinajstić information content (AvgIpc) is 3.28. The van der Waals surface area contributed by atoms with E-state index in [2.05, 4.69) is 5.32 Å². The van der Waals surface area contributed by atoms with Gasteiger partial charge in [-0.15, -0.1) is 0 Å². The molecule has 0 amide bonds. The van der Waals surface area contributed by atoms with Gasteiger partial charge in [0.1, 0.15) is 17.6 Å². The average molecular weight is 391 g/mol. The molecule has 1 aliphatic rings. The van der Waals surface area contributed by atoms with Crippen molar-refractivity contribution in [3.63, 3.8) is 0 Å². The molecule has 2 aromatic rings. The van der Waals surface area contributed by atoms with E-state index in [1.54, 1.807) is 7.11 Å². The number of nitrogens with two attached hydrogens (primary N) is 1. The summed E-state index contributed by atoms with van der Waals surface area (Å²) in [5.41, 5.74) is 9.07. The largest absolute Gasteiger partial charge is 0.497 e. The second kappa shape index (κ2) is 9.10. The van der Waals surface area contributed by atoms with Crippen molar-refractivity contribution in [2.45, 2.75) is 19.4 Å². The lowest BCUT2D eigenvalue weighted by Gasteiger charge is -2.21. The van der Waals surface area contributed by atoms with Crippen LogP contribution in [0, 0.1) is 12.3 Å². The second-order valence-electron chi connectivity index (χ2n) is 6.76. The van der Waals surface area contributed by atoms with Crippen molar-refractivity contribution >= 4 is 17.7 Å².